The number of nitrogens with one attached hydrogen (secondary N) is 1. The van der Waals surface area contributed by atoms with Gasteiger partial charge in [-0.05, 0) is 61.4 Å². The molecule has 2 aliphatic rings. The molecule has 36 heavy (non-hydrogen) atoms. The first-order valence-electron chi connectivity index (χ1n) is 11.8. The highest BCUT2D eigenvalue weighted by Gasteiger charge is 2.32. The Morgan fingerprint density at radius 2 is 1.69 bits per heavy atom. The lowest BCUT2D eigenvalue weighted by atomic mass is 9.97. The van der Waals surface area contributed by atoms with Gasteiger partial charge in [-0.25, -0.2) is 17.8 Å². The van der Waals surface area contributed by atoms with Crippen LogP contribution in [-0.4, -0.2) is 41.1 Å². The zero-order valence-electron chi connectivity index (χ0n) is 19.3. The Labute approximate surface area is 207 Å². The number of amides is 1. The van der Waals surface area contributed by atoms with Gasteiger partial charge in [-0.2, -0.15) is 4.31 Å². The third-order valence-corrected chi connectivity index (χ3v) is 8.78. The van der Waals surface area contributed by atoms with Gasteiger partial charge >= 0.3 is 0 Å². The zero-order chi connectivity index (χ0) is 24.9. The van der Waals surface area contributed by atoms with Gasteiger partial charge in [-0.15, -0.1) is 0 Å². The van der Waals surface area contributed by atoms with Crippen molar-refractivity contribution in [1.82, 2.24) is 13.7 Å². The molecule has 0 bridgehead atoms. The van der Waals surface area contributed by atoms with E-state index in [1.807, 2.05) is 59.1 Å². The number of hydrogen-bond acceptors (Lipinski definition) is 4. The van der Waals surface area contributed by atoms with Crippen LogP contribution in [-0.2, 0) is 14.8 Å². The number of imidazole rings is 1. The van der Waals surface area contributed by atoms with Crippen LogP contribution in [0.1, 0.15) is 35.8 Å². The number of carbonyl (C=O) groups excluding carboxylic acids is 1. The van der Waals surface area contributed by atoms with Crippen molar-refractivity contribution in [2.75, 3.05) is 18.4 Å². The number of pyridine rings is 1. The smallest absolute Gasteiger partial charge is 0.256 e. The molecule has 2 aromatic heterocycles. The third-order valence-electron chi connectivity index (χ3n) is 6.87. The van der Waals surface area contributed by atoms with E-state index >= 15 is 0 Å². The summed E-state index contributed by atoms with van der Waals surface area (Å²) in [4.78, 5) is 17.7. The van der Waals surface area contributed by atoms with Crippen molar-refractivity contribution in [3.8, 4) is 0 Å². The van der Waals surface area contributed by atoms with Crippen LogP contribution in [0.4, 0.5) is 10.1 Å². The Morgan fingerprint density at radius 1 is 0.972 bits per heavy atom. The average Bonchev–Trinajstić information content (AvgIpc) is 3.42. The first-order valence-corrected chi connectivity index (χ1v) is 13.2. The summed E-state index contributed by atoms with van der Waals surface area (Å²) >= 11 is 0. The minimum absolute atomic E-state index is 0.0522. The zero-order valence-corrected chi connectivity index (χ0v) is 20.1. The molecule has 0 aliphatic carbocycles. The van der Waals surface area contributed by atoms with Crippen molar-refractivity contribution in [1.29, 1.82) is 0 Å². The average molecular weight is 503 g/mol. The Kier molecular flexibility index (Phi) is 5.46. The van der Waals surface area contributed by atoms with Gasteiger partial charge in [-0.3, -0.25) is 4.79 Å². The van der Waals surface area contributed by atoms with Crippen molar-refractivity contribution in [2.24, 2.45) is 0 Å². The number of carbonyl (C=O) groups is 1. The number of sulfonamides is 1. The van der Waals surface area contributed by atoms with E-state index < -0.39 is 15.8 Å². The van der Waals surface area contributed by atoms with Crippen LogP contribution in [0, 0.1) is 5.82 Å². The van der Waals surface area contributed by atoms with Crippen molar-refractivity contribution in [3.05, 3.63) is 95.8 Å². The number of hydrogen-bond donors (Lipinski definition) is 1. The van der Waals surface area contributed by atoms with Gasteiger partial charge < -0.3 is 9.72 Å². The fourth-order valence-electron chi connectivity index (χ4n) is 5.01. The number of para-hydroxylation sites is 1. The van der Waals surface area contributed by atoms with Crippen molar-refractivity contribution < 1.29 is 17.6 Å². The molecular weight excluding hydrogens is 479 g/mol. The molecule has 0 radical (unpaired) electrons. The second-order valence-corrected chi connectivity index (χ2v) is 10.9. The summed E-state index contributed by atoms with van der Waals surface area (Å²) in [7, 11) is -3.69. The molecule has 182 valence electrons. The number of halogens is 1. The van der Waals surface area contributed by atoms with Gasteiger partial charge in [0.15, 0.2) is 0 Å². The maximum atomic E-state index is 13.3. The highest BCUT2D eigenvalue weighted by atomic mass is 32.2. The lowest BCUT2D eigenvalue weighted by molar-refractivity contribution is -0.110. The molecule has 2 aliphatic heterocycles. The summed E-state index contributed by atoms with van der Waals surface area (Å²) in [6.45, 7) is 0.691. The van der Waals surface area contributed by atoms with Crippen LogP contribution in [0.25, 0.3) is 17.2 Å². The number of piperidine rings is 1. The lowest BCUT2D eigenvalue weighted by Crippen LogP contribution is -2.38. The van der Waals surface area contributed by atoms with E-state index in [1.165, 1.54) is 16.4 Å². The topological polar surface area (TPSA) is 83.8 Å². The monoisotopic (exact) mass is 502 g/mol. The summed E-state index contributed by atoms with van der Waals surface area (Å²) in [6, 6.07) is 18.3. The summed E-state index contributed by atoms with van der Waals surface area (Å²) in [5, 5.41) is 2.90. The van der Waals surface area contributed by atoms with Crippen molar-refractivity contribution in [3.63, 3.8) is 0 Å². The minimum Gasteiger partial charge on any atom is -0.321 e. The molecule has 0 atom stereocenters. The first-order chi connectivity index (χ1) is 17.4. The third kappa shape index (κ3) is 3.81. The number of nitrogens with zero attached hydrogens (tertiary/aromatic N) is 3. The van der Waals surface area contributed by atoms with Crippen LogP contribution in [0.2, 0.25) is 0 Å². The Morgan fingerprint density at radius 3 is 2.47 bits per heavy atom. The number of aromatic nitrogens is 2. The second-order valence-electron chi connectivity index (χ2n) is 9.00. The van der Waals surface area contributed by atoms with E-state index in [0.29, 0.717) is 37.2 Å². The molecule has 2 aromatic carbocycles. The summed E-state index contributed by atoms with van der Waals surface area (Å²) in [6.07, 6.45) is 4.99. The summed E-state index contributed by atoms with van der Waals surface area (Å²) in [5.41, 5.74) is 3.79. The number of benzene rings is 2. The molecule has 0 unspecified atom stereocenters. The molecule has 9 heteroatoms. The predicted molar refractivity (Wildman–Crippen MR) is 135 cm³/mol. The van der Waals surface area contributed by atoms with Gasteiger partial charge in [0.2, 0.25) is 10.0 Å². The lowest BCUT2D eigenvalue weighted by Gasteiger charge is -2.30. The molecule has 0 saturated carbocycles. The molecule has 0 spiro atoms. The van der Waals surface area contributed by atoms with E-state index in [-0.39, 0.29) is 16.7 Å². The molecular formula is C27H23FN4O3S. The van der Waals surface area contributed by atoms with E-state index in [1.54, 1.807) is 0 Å². The van der Waals surface area contributed by atoms with Crippen LogP contribution in [0.15, 0.2) is 77.8 Å². The summed E-state index contributed by atoms with van der Waals surface area (Å²) < 4.78 is 42.8. The quantitative estimate of drug-likeness (QED) is 0.416. The van der Waals surface area contributed by atoms with Gasteiger partial charge in [0.1, 0.15) is 11.6 Å². The molecule has 4 heterocycles. The van der Waals surface area contributed by atoms with Crippen LogP contribution < -0.4 is 5.32 Å². The standard InChI is InChI=1S/C27H23FN4O3S/c28-19-8-10-20(11-9-19)36(34,35)31-15-12-18(13-16-31)26-29-24(25-7-3-4-14-32(25)26)17-22-21-5-1-2-6-23(21)30-27(22)33/h1-11,14,17-18H,12-13,15-16H2,(H,30,33)/b22-17+. The first kappa shape index (κ1) is 22.6. The largest absolute Gasteiger partial charge is 0.321 e. The van der Waals surface area contributed by atoms with Gasteiger partial charge in [0.25, 0.3) is 5.91 Å². The number of rotatable bonds is 4. The van der Waals surface area contributed by atoms with Crippen LogP contribution in [0.3, 0.4) is 0 Å². The van der Waals surface area contributed by atoms with Gasteiger partial charge in [0.05, 0.1) is 21.7 Å². The van der Waals surface area contributed by atoms with E-state index in [0.717, 1.165) is 34.7 Å². The molecule has 4 aromatic rings. The van der Waals surface area contributed by atoms with Crippen LogP contribution in [0.5, 0.6) is 0 Å². The van der Waals surface area contributed by atoms with Crippen molar-refractivity contribution in [2.45, 2.75) is 23.7 Å². The van der Waals surface area contributed by atoms with Gasteiger partial charge in [-0.1, -0.05) is 24.3 Å². The highest BCUT2D eigenvalue weighted by Crippen LogP contribution is 2.35. The Balaban J connectivity index is 1.30. The fraction of sp³-hybridized carbons (Fsp3) is 0.185. The van der Waals surface area contributed by atoms with Crippen molar-refractivity contribution >= 4 is 38.8 Å². The molecule has 1 fully saturated rings. The number of fused-ring (bicyclic) bond motifs is 2. The van der Waals surface area contributed by atoms with E-state index in [9.17, 15) is 17.6 Å². The Hall–Kier alpha value is -3.82. The maximum Gasteiger partial charge on any atom is 0.256 e. The maximum absolute atomic E-state index is 13.3. The molecule has 6 rings (SSSR count). The molecule has 1 amide bonds. The van der Waals surface area contributed by atoms with E-state index in [4.69, 9.17) is 4.98 Å². The summed E-state index contributed by atoms with van der Waals surface area (Å²) in [5.74, 6) is 0.275. The SMILES string of the molecule is O=C1Nc2ccccc2/C1=C\c1nc(C2CCN(S(=O)(=O)c3ccc(F)cc3)CC2)n2ccccc12. The molecule has 1 saturated heterocycles. The fourth-order valence-corrected chi connectivity index (χ4v) is 6.48. The predicted octanol–water partition coefficient (Wildman–Crippen LogP) is 4.53. The molecule has 7 nitrogen and oxygen atoms in total. The minimum atomic E-state index is -3.69. The Bertz CT molecular complexity index is 1620. The second kappa shape index (κ2) is 8.69. The van der Waals surface area contributed by atoms with Crippen LogP contribution >= 0.6 is 0 Å². The van der Waals surface area contributed by atoms with Gasteiger partial charge in [0, 0.05) is 36.5 Å². The van der Waals surface area contributed by atoms with E-state index in [2.05, 4.69) is 5.32 Å². The normalized spacial score (nSPS) is 18.0. The highest BCUT2D eigenvalue weighted by molar-refractivity contribution is 7.89. The molecule has 1 N–H and O–H groups in total. The number of anilines is 1.